The van der Waals surface area contributed by atoms with E-state index in [1.54, 1.807) is 27.1 Å². The highest BCUT2D eigenvalue weighted by atomic mass is 16.5. The lowest BCUT2D eigenvalue weighted by atomic mass is 10.0. The van der Waals surface area contributed by atoms with Gasteiger partial charge in [-0.2, -0.15) is 0 Å². The third-order valence-corrected chi connectivity index (χ3v) is 3.03. The van der Waals surface area contributed by atoms with Crippen LogP contribution in [0.3, 0.4) is 0 Å². The minimum atomic E-state index is -0.268. The number of nitrogens with zero attached hydrogens (tertiary/aromatic N) is 1. The zero-order valence-electron chi connectivity index (χ0n) is 9.98. The Hall–Kier alpha value is -2.10. The lowest BCUT2D eigenvalue weighted by Crippen LogP contribution is -2.22. The van der Waals surface area contributed by atoms with Crippen molar-refractivity contribution in [1.29, 1.82) is 0 Å². The number of benzene rings is 1. The quantitative estimate of drug-likeness (QED) is 0.739. The molecule has 88 valence electrons. The third-order valence-electron chi connectivity index (χ3n) is 3.03. The van der Waals surface area contributed by atoms with Crippen LogP contribution in [0.15, 0.2) is 23.0 Å². The number of carbonyl (C=O) groups is 1. The number of aryl methyl sites for hydroxylation is 2. The first kappa shape index (κ1) is 11.4. The van der Waals surface area contributed by atoms with Gasteiger partial charge in [0.05, 0.1) is 18.2 Å². The van der Waals surface area contributed by atoms with E-state index >= 15 is 0 Å². The summed E-state index contributed by atoms with van der Waals surface area (Å²) in [5.74, 6) is 0.705. The zero-order chi connectivity index (χ0) is 12.6. The van der Waals surface area contributed by atoms with E-state index in [0.717, 1.165) is 10.9 Å². The number of fused-ring (bicyclic) bond motifs is 1. The molecule has 2 aromatic rings. The molecule has 0 aliphatic carbocycles. The first-order chi connectivity index (χ1) is 8.10. The molecule has 0 fully saturated rings. The second-order valence-electron chi connectivity index (χ2n) is 3.90. The fraction of sp³-hybridized carbons (Fsp3) is 0.231. The monoisotopic (exact) mass is 231 g/mol. The number of carbonyl (C=O) groups excluding carboxylic acids is 1. The molecule has 1 aromatic carbocycles. The van der Waals surface area contributed by atoms with E-state index in [0.29, 0.717) is 17.6 Å². The van der Waals surface area contributed by atoms with Crippen LogP contribution in [-0.2, 0) is 7.05 Å². The first-order valence-corrected chi connectivity index (χ1v) is 5.22. The Labute approximate surface area is 98.4 Å². The summed E-state index contributed by atoms with van der Waals surface area (Å²) >= 11 is 0. The number of aromatic nitrogens is 1. The molecule has 0 radical (unpaired) electrons. The van der Waals surface area contributed by atoms with Crippen LogP contribution < -0.4 is 10.3 Å². The molecule has 0 bridgehead atoms. The SMILES string of the molecule is COc1ccc2c(c1)c(C)c(C=O)c(=O)n2C. The Morgan fingerprint density at radius 2 is 2.06 bits per heavy atom. The zero-order valence-corrected chi connectivity index (χ0v) is 9.98. The summed E-state index contributed by atoms with van der Waals surface area (Å²) in [6.07, 6.45) is 0.608. The normalized spacial score (nSPS) is 10.5. The summed E-state index contributed by atoms with van der Waals surface area (Å²) in [7, 11) is 3.24. The maximum atomic E-state index is 11.9. The summed E-state index contributed by atoms with van der Waals surface area (Å²) in [6.45, 7) is 1.77. The summed E-state index contributed by atoms with van der Waals surface area (Å²) < 4.78 is 6.62. The van der Waals surface area contributed by atoms with Crippen molar-refractivity contribution >= 4 is 17.2 Å². The summed E-state index contributed by atoms with van der Waals surface area (Å²) in [4.78, 5) is 22.8. The smallest absolute Gasteiger partial charge is 0.261 e. The van der Waals surface area contributed by atoms with Gasteiger partial charge in [-0.15, -0.1) is 0 Å². The number of hydrogen-bond acceptors (Lipinski definition) is 3. The molecule has 0 amide bonds. The molecular weight excluding hydrogens is 218 g/mol. The van der Waals surface area contributed by atoms with E-state index in [9.17, 15) is 9.59 Å². The van der Waals surface area contributed by atoms with E-state index < -0.39 is 0 Å². The molecule has 17 heavy (non-hydrogen) atoms. The van der Waals surface area contributed by atoms with Crippen molar-refractivity contribution in [3.8, 4) is 5.75 Å². The van der Waals surface area contributed by atoms with Crippen LogP contribution in [0.4, 0.5) is 0 Å². The molecule has 4 heteroatoms. The standard InChI is InChI=1S/C13H13NO3/c1-8-10-6-9(17-3)4-5-12(10)14(2)13(16)11(8)7-15/h4-7H,1-3H3. The highest BCUT2D eigenvalue weighted by Crippen LogP contribution is 2.23. The van der Waals surface area contributed by atoms with Crippen LogP contribution in [0, 0.1) is 6.92 Å². The summed E-state index contributed by atoms with van der Waals surface area (Å²) in [5, 5.41) is 0.855. The van der Waals surface area contributed by atoms with Gasteiger partial charge in [-0.1, -0.05) is 0 Å². The van der Waals surface area contributed by atoms with Crippen molar-refractivity contribution in [2.45, 2.75) is 6.92 Å². The molecule has 0 aliphatic rings. The highest BCUT2D eigenvalue weighted by Gasteiger charge is 2.11. The van der Waals surface area contributed by atoms with Crippen LogP contribution in [0.25, 0.3) is 10.9 Å². The van der Waals surface area contributed by atoms with Gasteiger partial charge in [0, 0.05) is 12.4 Å². The van der Waals surface area contributed by atoms with E-state index in [2.05, 4.69) is 0 Å². The number of aldehydes is 1. The highest BCUT2D eigenvalue weighted by molar-refractivity contribution is 5.91. The molecular formula is C13H13NO3. The Morgan fingerprint density at radius 1 is 1.35 bits per heavy atom. The Bertz CT molecular complexity index is 656. The van der Waals surface area contributed by atoms with Gasteiger partial charge in [0.2, 0.25) is 0 Å². The van der Waals surface area contributed by atoms with Crippen LogP contribution >= 0.6 is 0 Å². The average molecular weight is 231 g/mol. The lowest BCUT2D eigenvalue weighted by Gasteiger charge is -2.11. The predicted octanol–water partition coefficient (Wildman–Crippen LogP) is 1.67. The summed E-state index contributed by atoms with van der Waals surface area (Å²) in [6, 6.07) is 5.44. The van der Waals surface area contributed by atoms with Gasteiger partial charge in [-0.25, -0.2) is 0 Å². The number of methoxy groups -OCH3 is 1. The predicted molar refractivity (Wildman–Crippen MR) is 65.9 cm³/mol. The molecule has 0 unspecified atom stereocenters. The van der Waals surface area contributed by atoms with E-state index in [4.69, 9.17) is 4.74 Å². The topological polar surface area (TPSA) is 48.3 Å². The number of ether oxygens (including phenoxy) is 1. The fourth-order valence-electron chi connectivity index (χ4n) is 1.97. The molecule has 0 saturated carbocycles. The van der Waals surface area contributed by atoms with Gasteiger partial charge in [-0.3, -0.25) is 9.59 Å². The maximum Gasteiger partial charge on any atom is 0.261 e. The number of hydrogen-bond donors (Lipinski definition) is 0. The van der Waals surface area contributed by atoms with Crippen molar-refractivity contribution in [3.63, 3.8) is 0 Å². The molecule has 0 spiro atoms. The molecule has 2 rings (SSSR count). The number of pyridine rings is 1. The molecule has 0 N–H and O–H groups in total. The van der Waals surface area contributed by atoms with E-state index in [-0.39, 0.29) is 11.1 Å². The van der Waals surface area contributed by atoms with Crippen LogP contribution in [0.5, 0.6) is 5.75 Å². The lowest BCUT2D eigenvalue weighted by molar-refractivity contribution is 0.112. The number of rotatable bonds is 2. The van der Waals surface area contributed by atoms with Crippen LogP contribution in [-0.4, -0.2) is 18.0 Å². The van der Waals surface area contributed by atoms with Crippen molar-refractivity contribution in [2.75, 3.05) is 7.11 Å². The second-order valence-corrected chi connectivity index (χ2v) is 3.90. The van der Waals surface area contributed by atoms with Gasteiger partial charge in [0.15, 0.2) is 6.29 Å². The minimum Gasteiger partial charge on any atom is -0.497 e. The van der Waals surface area contributed by atoms with Gasteiger partial charge < -0.3 is 9.30 Å². The fourth-order valence-corrected chi connectivity index (χ4v) is 1.97. The third kappa shape index (κ3) is 1.62. The second kappa shape index (κ2) is 4.05. The molecule has 1 heterocycles. The molecule has 1 aromatic heterocycles. The van der Waals surface area contributed by atoms with Gasteiger partial charge in [0.1, 0.15) is 5.75 Å². The van der Waals surface area contributed by atoms with Gasteiger partial charge >= 0.3 is 0 Å². The Morgan fingerprint density at radius 3 is 2.65 bits per heavy atom. The molecule has 0 atom stereocenters. The Kier molecular flexibility index (Phi) is 2.71. The minimum absolute atomic E-state index is 0.202. The van der Waals surface area contributed by atoms with Gasteiger partial charge in [-0.05, 0) is 30.7 Å². The average Bonchev–Trinajstić information content (AvgIpc) is 2.36. The van der Waals surface area contributed by atoms with Crippen molar-refractivity contribution < 1.29 is 9.53 Å². The van der Waals surface area contributed by atoms with Gasteiger partial charge in [0.25, 0.3) is 5.56 Å². The molecule has 0 aliphatic heterocycles. The molecule has 0 saturated heterocycles. The van der Waals surface area contributed by atoms with E-state index in [1.165, 1.54) is 4.57 Å². The summed E-state index contributed by atoms with van der Waals surface area (Å²) in [5.41, 5.74) is 1.42. The van der Waals surface area contributed by atoms with Crippen molar-refractivity contribution in [1.82, 2.24) is 4.57 Å². The Balaban J connectivity index is 2.99. The van der Waals surface area contributed by atoms with Crippen LogP contribution in [0.1, 0.15) is 15.9 Å². The van der Waals surface area contributed by atoms with E-state index in [1.807, 2.05) is 12.1 Å². The van der Waals surface area contributed by atoms with Crippen molar-refractivity contribution in [3.05, 3.63) is 39.7 Å². The first-order valence-electron chi connectivity index (χ1n) is 5.22. The largest absolute Gasteiger partial charge is 0.497 e. The maximum absolute atomic E-state index is 11.9. The van der Waals surface area contributed by atoms with Crippen molar-refractivity contribution in [2.24, 2.45) is 7.05 Å². The van der Waals surface area contributed by atoms with Crippen LogP contribution in [0.2, 0.25) is 0 Å². The molecule has 4 nitrogen and oxygen atoms in total.